The molecule has 0 radical (unpaired) electrons. The summed E-state index contributed by atoms with van der Waals surface area (Å²) in [5.74, 6) is -3.28. The van der Waals surface area contributed by atoms with Crippen molar-refractivity contribution in [1.82, 2.24) is 9.88 Å². The second-order valence-electron chi connectivity index (χ2n) is 4.20. The fourth-order valence-corrected chi connectivity index (χ4v) is 2.16. The Balaban J connectivity index is 2.88. The van der Waals surface area contributed by atoms with Crippen molar-refractivity contribution in [3.63, 3.8) is 0 Å². The molecule has 20 heavy (non-hydrogen) atoms. The van der Waals surface area contributed by atoms with Gasteiger partial charge in [-0.05, 0) is 28.4 Å². The Kier molecular flexibility index (Phi) is 5.75. The Bertz CT molecular complexity index is 526. The average Bonchev–Trinajstić information content (AvgIpc) is 2.69. The highest BCUT2D eigenvalue weighted by molar-refractivity contribution is 9.10. The third-order valence-corrected chi connectivity index (χ3v) is 2.98. The van der Waals surface area contributed by atoms with Crippen molar-refractivity contribution in [3.8, 4) is 0 Å². The normalized spacial score (nSPS) is 11.9. The van der Waals surface area contributed by atoms with Crippen LogP contribution < -0.4 is 5.32 Å². The van der Waals surface area contributed by atoms with Crippen molar-refractivity contribution in [3.05, 3.63) is 22.4 Å². The first kappa shape index (κ1) is 16.2. The van der Waals surface area contributed by atoms with Crippen LogP contribution in [0.25, 0.3) is 0 Å². The molecule has 0 aliphatic carbocycles. The highest BCUT2D eigenvalue weighted by Gasteiger charge is 2.24. The summed E-state index contributed by atoms with van der Waals surface area (Å²) in [4.78, 5) is 33.5. The zero-order valence-electron chi connectivity index (χ0n) is 10.8. The first-order valence-corrected chi connectivity index (χ1v) is 6.75. The molecule has 0 aromatic carbocycles. The molecular weight excluding hydrogens is 332 g/mol. The predicted molar refractivity (Wildman–Crippen MR) is 73.6 cm³/mol. The Hall–Kier alpha value is -1.83. The number of rotatable bonds is 7. The maximum absolute atomic E-state index is 12.0. The molecule has 1 aromatic heterocycles. The maximum atomic E-state index is 12.0. The van der Waals surface area contributed by atoms with Gasteiger partial charge in [0.25, 0.3) is 5.91 Å². The van der Waals surface area contributed by atoms with Gasteiger partial charge in [0.05, 0.1) is 6.42 Å². The van der Waals surface area contributed by atoms with Crippen LogP contribution in [0.3, 0.4) is 0 Å². The van der Waals surface area contributed by atoms with Crippen molar-refractivity contribution in [2.24, 2.45) is 0 Å². The number of aliphatic carboxylic acids is 2. The van der Waals surface area contributed by atoms with E-state index >= 15 is 0 Å². The first-order chi connectivity index (χ1) is 9.35. The minimum atomic E-state index is -1.45. The Morgan fingerprint density at radius 1 is 1.40 bits per heavy atom. The largest absolute Gasteiger partial charge is 0.481 e. The van der Waals surface area contributed by atoms with Crippen LogP contribution in [0.1, 0.15) is 30.3 Å². The number of aryl methyl sites for hydroxylation is 1. The molecule has 8 heteroatoms. The van der Waals surface area contributed by atoms with E-state index in [9.17, 15) is 14.4 Å². The summed E-state index contributed by atoms with van der Waals surface area (Å²) in [7, 11) is 0. The average molecular weight is 347 g/mol. The molecule has 0 fully saturated rings. The molecule has 7 nitrogen and oxygen atoms in total. The number of halogens is 1. The summed E-state index contributed by atoms with van der Waals surface area (Å²) in [6, 6.07) is 0.105. The first-order valence-electron chi connectivity index (χ1n) is 5.96. The van der Waals surface area contributed by atoms with Crippen LogP contribution in [0, 0.1) is 0 Å². The number of amides is 1. The lowest BCUT2D eigenvalue weighted by molar-refractivity contribution is -0.145. The molecule has 0 aliphatic rings. The van der Waals surface area contributed by atoms with Crippen LogP contribution in [-0.4, -0.2) is 38.7 Å². The minimum Gasteiger partial charge on any atom is -0.481 e. The lowest BCUT2D eigenvalue weighted by Gasteiger charge is -2.13. The van der Waals surface area contributed by atoms with E-state index < -0.39 is 30.3 Å². The SMILES string of the molecule is CCCn1cc(Br)cc1C(=O)N[C@H](CC(=O)O)C(=O)O. The van der Waals surface area contributed by atoms with E-state index in [0.29, 0.717) is 11.0 Å². The van der Waals surface area contributed by atoms with Gasteiger partial charge in [-0.15, -0.1) is 0 Å². The van der Waals surface area contributed by atoms with Crippen LogP contribution >= 0.6 is 15.9 Å². The molecule has 1 heterocycles. The Labute approximate surface area is 123 Å². The minimum absolute atomic E-state index is 0.287. The zero-order valence-corrected chi connectivity index (χ0v) is 12.4. The van der Waals surface area contributed by atoms with Crippen LogP contribution in [0.4, 0.5) is 0 Å². The van der Waals surface area contributed by atoms with Gasteiger partial charge in [-0.1, -0.05) is 6.92 Å². The topological polar surface area (TPSA) is 109 Å². The number of nitrogens with zero attached hydrogens (tertiary/aromatic N) is 1. The molecule has 1 atom stereocenters. The molecule has 1 rings (SSSR count). The number of carbonyl (C=O) groups is 3. The number of hydrogen-bond donors (Lipinski definition) is 3. The monoisotopic (exact) mass is 346 g/mol. The van der Waals surface area contributed by atoms with Crippen LogP contribution in [0.5, 0.6) is 0 Å². The molecule has 0 unspecified atom stereocenters. The van der Waals surface area contributed by atoms with E-state index in [-0.39, 0.29) is 5.69 Å². The van der Waals surface area contributed by atoms with Crippen LogP contribution in [0.15, 0.2) is 16.7 Å². The molecular formula is C12H15BrN2O5. The Morgan fingerprint density at radius 2 is 2.05 bits per heavy atom. The number of hydrogen-bond acceptors (Lipinski definition) is 3. The molecule has 3 N–H and O–H groups in total. The van der Waals surface area contributed by atoms with E-state index in [1.165, 1.54) is 0 Å². The third-order valence-electron chi connectivity index (χ3n) is 2.54. The molecule has 0 spiro atoms. The lowest BCUT2D eigenvalue weighted by Crippen LogP contribution is -2.42. The molecule has 1 aromatic rings. The van der Waals surface area contributed by atoms with Gasteiger partial charge in [0.15, 0.2) is 0 Å². The number of aromatic nitrogens is 1. The molecule has 1 amide bonds. The van der Waals surface area contributed by atoms with Gasteiger partial charge in [-0.2, -0.15) is 0 Å². The van der Waals surface area contributed by atoms with Gasteiger partial charge in [-0.3, -0.25) is 9.59 Å². The number of carbonyl (C=O) groups excluding carboxylic acids is 1. The van der Waals surface area contributed by atoms with Crippen LogP contribution in [0.2, 0.25) is 0 Å². The van der Waals surface area contributed by atoms with Crippen molar-refractivity contribution in [1.29, 1.82) is 0 Å². The summed E-state index contributed by atoms with van der Waals surface area (Å²) in [5, 5.41) is 19.7. The summed E-state index contributed by atoms with van der Waals surface area (Å²) in [6.07, 6.45) is 1.85. The van der Waals surface area contributed by atoms with E-state index in [1.54, 1.807) is 16.8 Å². The fraction of sp³-hybridized carbons (Fsp3) is 0.417. The van der Waals surface area contributed by atoms with Crippen molar-refractivity contribution < 1.29 is 24.6 Å². The van der Waals surface area contributed by atoms with Gasteiger partial charge in [0, 0.05) is 17.2 Å². The fourth-order valence-electron chi connectivity index (χ4n) is 1.70. The van der Waals surface area contributed by atoms with Crippen molar-refractivity contribution in [2.45, 2.75) is 32.4 Å². The lowest BCUT2D eigenvalue weighted by atomic mass is 10.2. The standard InChI is InChI=1S/C12H15BrN2O5/c1-2-3-15-6-7(13)4-9(15)11(18)14-8(12(19)20)5-10(16)17/h4,6,8H,2-3,5H2,1H3,(H,14,18)(H,16,17)(H,19,20)/t8-/m1/s1. The number of carboxylic acid groups (broad SMARTS) is 2. The molecule has 0 saturated heterocycles. The summed E-state index contributed by atoms with van der Waals surface area (Å²) >= 11 is 3.25. The van der Waals surface area contributed by atoms with E-state index in [2.05, 4.69) is 21.2 Å². The molecule has 0 aliphatic heterocycles. The second kappa shape index (κ2) is 7.09. The van der Waals surface area contributed by atoms with Crippen molar-refractivity contribution >= 4 is 33.8 Å². The molecule has 110 valence electrons. The van der Waals surface area contributed by atoms with Gasteiger partial charge < -0.3 is 20.1 Å². The molecule has 0 bridgehead atoms. The highest BCUT2D eigenvalue weighted by Crippen LogP contribution is 2.15. The smallest absolute Gasteiger partial charge is 0.326 e. The summed E-state index contributed by atoms with van der Waals surface area (Å²) in [6.45, 7) is 2.55. The Morgan fingerprint density at radius 3 is 2.55 bits per heavy atom. The van der Waals surface area contributed by atoms with E-state index in [4.69, 9.17) is 10.2 Å². The summed E-state index contributed by atoms with van der Waals surface area (Å²) in [5.41, 5.74) is 0.287. The number of carboxylic acids is 2. The highest BCUT2D eigenvalue weighted by atomic mass is 79.9. The maximum Gasteiger partial charge on any atom is 0.326 e. The van der Waals surface area contributed by atoms with Gasteiger partial charge >= 0.3 is 11.9 Å². The molecule has 0 saturated carbocycles. The third kappa shape index (κ3) is 4.37. The second-order valence-corrected chi connectivity index (χ2v) is 5.11. The van der Waals surface area contributed by atoms with E-state index in [0.717, 1.165) is 6.42 Å². The van der Waals surface area contributed by atoms with Gasteiger partial charge in [-0.25, -0.2) is 4.79 Å². The van der Waals surface area contributed by atoms with Gasteiger partial charge in [0.1, 0.15) is 11.7 Å². The quantitative estimate of drug-likeness (QED) is 0.689. The van der Waals surface area contributed by atoms with Gasteiger partial charge in [0.2, 0.25) is 0 Å². The summed E-state index contributed by atoms with van der Waals surface area (Å²) < 4.78 is 2.38. The predicted octanol–water partition coefficient (Wildman–Crippen LogP) is 1.32. The van der Waals surface area contributed by atoms with Crippen molar-refractivity contribution in [2.75, 3.05) is 0 Å². The zero-order chi connectivity index (χ0) is 15.3. The van der Waals surface area contributed by atoms with Crippen LogP contribution in [-0.2, 0) is 16.1 Å². The number of nitrogens with one attached hydrogen (secondary N) is 1. The van der Waals surface area contributed by atoms with E-state index in [1.807, 2.05) is 6.92 Å².